The van der Waals surface area contributed by atoms with Gasteiger partial charge in [0.05, 0.1) is 17.6 Å². The zero-order chi connectivity index (χ0) is 13.0. The SMILES string of the molecule is COc1cc(NC(C)=O)c([N+](=O)[O-])cc1C=O. The van der Waals surface area contributed by atoms with Crippen LogP contribution < -0.4 is 10.1 Å². The first-order chi connectivity index (χ1) is 7.99. The number of nitro groups is 1. The van der Waals surface area contributed by atoms with Crippen molar-refractivity contribution in [3.8, 4) is 5.75 Å². The fraction of sp³-hybridized carbons (Fsp3) is 0.200. The number of carbonyl (C=O) groups excluding carboxylic acids is 2. The summed E-state index contributed by atoms with van der Waals surface area (Å²) >= 11 is 0. The molecule has 0 saturated carbocycles. The van der Waals surface area contributed by atoms with Crippen LogP contribution in [-0.2, 0) is 4.79 Å². The molecule has 0 bridgehead atoms. The van der Waals surface area contributed by atoms with Crippen molar-refractivity contribution in [3.63, 3.8) is 0 Å². The number of hydrogen-bond donors (Lipinski definition) is 1. The molecule has 0 heterocycles. The molecule has 0 unspecified atom stereocenters. The molecule has 0 atom stereocenters. The van der Waals surface area contributed by atoms with E-state index in [2.05, 4.69) is 5.32 Å². The third-order valence-corrected chi connectivity index (χ3v) is 1.98. The Labute approximate surface area is 96.5 Å². The molecule has 17 heavy (non-hydrogen) atoms. The summed E-state index contributed by atoms with van der Waals surface area (Å²) in [6, 6.07) is 2.29. The fourth-order valence-corrected chi connectivity index (χ4v) is 1.29. The lowest BCUT2D eigenvalue weighted by atomic mass is 10.1. The van der Waals surface area contributed by atoms with E-state index in [9.17, 15) is 19.7 Å². The first-order valence-corrected chi connectivity index (χ1v) is 4.58. The van der Waals surface area contributed by atoms with Gasteiger partial charge in [-0.1, -0.05) is 0 Å². The predicted molar refractivity (Wildman–Crippen MR) is 59.3 cm³/mol. The fourth-order valence-electron chi connectivity index (χ4n) is 1.29. The van der Waals surface area contributed by atoms with Gasteiger partial charge < -0.3 is 10.1 Å². The molecule has 0 spiro atoms. The van der Waals surface area contributed by atoms with Crippen LogP contribution in [0.4, 0.5) is 11.4 Å². The molecular weight excluding hydrogens is 228 g/mol. The van der Waals surface area contributed by atoms with Crippen LogP contribution in [0.3, 0.4) is 0 Å². The van der Waals surface area contributed by atoms with Gasteiger partial charge in [-0.3, -0.25) is 19.7 Å². The summed E-state index contributed by atoms with van der Waals surface area (Å²) in [5.41, 5.74) is -0.318. The molecule has 0 aliphatic carbocycles. The molecule has 0 radical (unpaired) electrons. The van der Waals surface area contributed by atoms with E-state index in [1.54, 1.807) is 0 Å². The van der Waals surface area contributed by atoms with Crippen LogP contribution in [0.5, 0.6) is 5.75 Å². The molecule has 0 fully saturated rings. The summed E-state index contributed by atoms with van der Waals surface area (Å²) < 4.78 is 4.89. The highest BCUT2D eigenvalue weighted by molar-refractivity contribution is 5.93. The van der Waals surface area contributed by atoms with Crippen molar-refractivity contribution >= 4 is 23.6 Å². The van der Waals surface area contributed by atoms with Crippen molar-refractivity contribution in [2.75, 3.05) is 12.4 Å². The first-order valence-electron chi connectivity index (χ1n) is 4.58. The Morgan fingerprint density at radius 1 is 1.53 bits per heavy atom. The second-order valence-corrected chi connectivity index (χ2v) is 3.17. The number of nitrogens with zero attached hydrogens (tertiary/aromatic N) is 1. The van der Waals surface area contributed by atoms with Crippen molar-refractivity contribution in [1.29, 1.82) is 0 Å². The minimum absolute atomic E-state index is 0.00931. The maximum Gasteiger partial charge on any atom is 0.293 e. The molecule has 0 aromatic heterocycles. The Balaban J connectivity index is 3.39. The van der Waals surface area contributed by atoms with Gasteiger partial charge in [-0.05, 0) is 0 Å². The lowest BCUT2D eigenvalue weighted by molar-refractivity contribution is -0.384. The smallest absolute Gasteiger partial charge is 0.293 e. The van der Waals surface area contributed by atoms with Gasteiger partial charge >= 0.3 is 0 Å². The summed E-state index contributed by atoms with van der Waals surface area (Å²) in [6.07, 6.45) is 0.448. The maximum absolute atomic E-state index is 10.9. The summed E-state index contributed by atoms with van der Waals surface area (Å²) in [5.74, 6) is -0.289. The second kappa shape index (κ2) is 5.06. The van der Waals surface area contributed by atoms with Crippen molar-refractivity contribution in [3.05, 3.63) is 27.8 Å². The van der Waals surface area contributed by atoms with Gasteiger partial charge in [-0.2, -0.15) is 0 Å². The number of hydrogen-bond acceptors (Lipinski definition) is 5. The average Bonchev–Trinajstić information content (AvgIpc) is 2.27. The summed E-state index contributed by atoms with van der Waals surface area (Å²) in [7, 11) is 1.33. The molecule has 1 N–H and O–H groups in total. The minimum atomic E-state index is -0.683. The molecule has 7 heteroatoms. The molecule has 0 aliphatic heterocycles. The minimum Gasteiger partial charge on any atom is -0.496 e. The van der Waals surface area contributed by atoms with Crippen LogP contribution in [0.2, 0.25) is 0 Å². The van der Waals surface area contributed by atoms with Crippen LogP contribution in [0, 0.1) is 10.1 Å². The van der Waals surface area contributed by atoms with E-state index in [-0.39, 0.29) is 22.7 Å². The second-order valence-electron chi connectivity index (χ2n) is 3.17. The lowest BCUT2D eigenvalue weighted by Gasteiger charge is -2.08. The standard InChI is InChI=1S/C10H10N2O5/c1-6(14)11-8-4-10(17-2)7(5-13)3-9(8)12(15)16/h3-5H,1-2H3,(H,11,14). The number of amides is 1. The molecule has 1 rings (SSSR count). The van der Waals surface area contributed by atoms with Gasteiger partial charge in [-0.15, -0.1) is 0 Å². The van der Waals surface area contributed by atoms with E-state index in [4.69, 9.17) is 4.74 Å². The highest BCUT2D eigenvalue weighted by atomic mass is 16.6. The number of aldehydes is 1. The van der Waals surface area contributed by atoms with Gasteiger partial charge in [-0.25, -0.2) is 0 Å². The van der Waals surface area contributed by atoms with Crippen LogP contribution in [0.25, 0.3) is 0 Å². The van der Waals surface area contributed by atoms with Crippen molar-refractivity contribution < 1.29 is 19.2 Å². The quantitative estimate of drug-likeness (QED) is 0.485. The highest BCUT2D eigenvalue weighted by Crippen LogP contribution is 2.31. The third-order valence-electron chi connectivity index (χ3n) is 1.98. The molecule has 0 aliphatic rings. The lowest BCUT2D eigenvalue weighted by Crippen LogP contribution is -2.09. The maximum atomic E-state index is 10.9. The topological polar surface area (TPSA) is 98.5 Å². The van der Waals surface area contributed by atoms with Crippen molar-refractivity contribution in [1.82, 2.24) is 0 Å². The van der Waals surface area contributed by atoms with Gasteiger partial charge in [0, 0.05) is 19.1 Å². The number of carbonyl (C=O) groups is 2. The highest BCUT2D eigenvalue weighted by Gasteiger charge is 2.19. The molecule has 90 valence electrons. The molecule has 0 saturated heterocycles. The van der Waals surface area contributed by atoms with Gasteiger partial charge in [0.15, 0.2) is 6.29 Å². The number of benzene rings is 1. The van der Waals surface area contributed by atoms with E-state index in [0.717, 1.165) is 6.07 Å². The largest absolute Gasteiger partial charge is 0.496 e. The number of rotatable bonds is 4. The monoisotopic (exact) mass is 238 g/mol. The van der Waals surface area contributed by atoms with Crippen LogP contribution in [0.1, 0.15) is 17.3 Å². The third kappa shape index (κ3) is 2.77. The predicted octanol–water partition coefficient (Wildman–Crippen LogP) is 1.37. The molecule has 1 amide bonds. The van der Waals surface area contributed by atoms with E-state index < -0.39 is 10.8 Å². The summed E-state index contributed by atoms with van der Waals surface area (Å²) in [5, 5.41) is 13.1. The van der Waals surface area contributed by atoms with E-state index >= 15 is 0 Å². The Kier molecular flexibility index (Phi) is 3.76. The average molecular weight is 238 g/mol. The summed E-state index contributed by atoms with van der Waals surface area (Å²) in [4.78, 5) is 31.7. The van der Waals surface area contributed by atoms with E-state index in [1.165, 1.54) is 20.1 Å². The normalized spacial score (nSPS) is 9.53. The Morgan fingerprint density at radius 3 is 2.59 bits per heavy atom. The van der Waals surface area contributed by atoms with Crippen LogP contribution in [-0.4, -0.2) is 24.2 Å². The number of methoxy groups -OCH3 is 1. The first kappa shape index (κ1) is 12.6. The zero-order valence-electron chi connectivity index (χ0n) is 9.22. The molecule has 1 aromatic rings. The Hall–Kier alpha value is -2.44. The van der Waals surface area contributed by atoms with Crippen LogP contribution >= 0.6 is 0 Å². The number of anilines is 1. The Morgan fingerprint density at radius 2 is 2.18 bits per heavy atom. The van der Waals surface area contributed by atoms with Gasteiger partial charge in [0.1, 0.15) is 11.4 Å². The Bertz CT molecular complexity index is 484. The zero-order valence-corrected chi connectivity index (χ0v) is 9.22. The van der Waals surface area contributed by atoms with Crippen LogP contribution in [0.15, 0.2) is 12.1 Å². The van der Waals surface area contributed by atoms with E-state index in [0.29, 0.717) is 6.29 Å². The van der Waals surface area contributed by atoms with Crippen molar-refractivity contribution in [2.24, 2.45) is 0 Å². The van der Waals surface area contributed by atoms with Gasteiger partial charge in [0.25, 0.3) is 5.69 Å². The molecule has 1 aromatic carbocycles. The molecular formula is C10H10N2O5. The number of nitro benzene ring substituents is 1. The number of ether oxygens (including phenoxy) is 1. The van der Waals surface area contributed by atoms with Crippen molar-refractivity contribution in [2.45, 2.75) is 6.92 Å². The molecule has 7 nitrogen and oxygen atoms in total. The van der Waals surface area contributed by atoms with E-state index in [1.807, 2.05) is 0 Å². The van der Waals surface area contributed by atoms with Gasteiger partial charge in [0.2, 0.25) is 5.91 Å². The number of nitrogens with one attached hydrogen (secondary N) is 1. The summed E-state index contributed by atoms with van der Waals surface area (Å²) in [6.45, 7) is 1.23.